The number of aromatic nitrogens is 1. The van der Waals surface area contributed by atoms with Crippen LogP contribution in [0.15, 0.2) is 65.6 Å². The number of anilines is 2. The van der Waals surface area contributed by atoms with Gasteiger partial charge in [0.25, 0.3) is 0 Å². The third kappa shape index (κ3) is 5.64. The van der Waals surface area contributed by atoms with Crippen LogP contribution in [-0.2, 0) is 6.54 Å². The third-order valence-electron chi connectivity index (χ3n) is 8.08. The molecule has 10 heteroatoms. The van der Waals surface area contributed by atoms with Crippen LogP contribution >= 0.6 is 0 Å². The quantitative estimate of drug-likeness (QED) is 0.298. The number of benzene rings is 3. The number of piperazine rings is 1. The van der Waals surface area contributed by atoms with Crippen LogP contribution in [0.3, 0.4) is 0 Å². The maximum atomic E-state index is 15.9. The highest BCUT2D eigenvalue weighted by molar-refractivity contribution is 5.98. The molecule has 0 saturated carbocycles. The Bertz CT molecular complexity index is 1750. The van der Waals surface area contributed by atoms with Gasteiger partial charge in [-0.2, -0.15) is 5.26 Å². The van der Waals surface area contributed by atoms with Crippen molar-refractivity contribution >= 4 is 28.2 Å². The van der Waals surface area contributed by atoms with Gasteiger partial charge in [-0.05, 0) is 49.0 Å². The van der Waals surface area contributed by atoms with E-state index in [1.165, 1.54) is 13.3 Å². The number of ether oxygens (including phenoxy) is 1. The van der Waals surface area contributed by atoms with Crippen LogP contribution in [0.2, 0.25) is 0 Å². The van der Waals surface area contributed by atoms with E-state index >= 15 is 4.39 Å². The fourth-order valence-corrected chi connectivity index (χ4v) is 5.74. The summed E-state index contributed by atoms with van der Waals surface area (Å²) in [5, 5.41) is 19.3. The second-order valence-corrected chi connectivity index (χ2v) is 10.4. The maximum Gasteiger partial charge on any atom is 0.341 e. The predicted molar refractivity (Wildman–Crippen MR) is 165 cm³/mol. The van der Waals surface area contributed by atoms with E-state index < -0.39 is 22.8 Å². The highest BCUT2D eigenvalue weighted by atomic mass is 19.1. The summed E-state index contributed by atoms with van der Waals surface area (Å²) < 4.78 is 23.3. The van der Waals surface area contributed by atoms with Gasteiger partial charge >= 0.3 is 5.97 Å². The van der Waals surface area contributed by atoms with Crippen molar-refractivity contribution in [1.82, 2.24) is 9.47 Å². The number of methoxy groups -OCH3 is 1. The van der Waals surface area contributed by atoms with Gasteiger partial charge in [0.15, 0.2) is 11.6 Å². The second kappa shape index (κ2) is 12.5. The fraction of sp³-hybridized carbons (Fsp3) is 0.303. The zero-order chi connectivity index (χ0) is 30.7. The number of hydrogen-bond donors (Lipinski definition) is 1. The van der Waals surface area contributed by atoms with Gasteiger partial charge in [0, 0.05) is 44.6 Å². The van der Waals surface area contributed by atoms with Crippen molar-refractivity contribution in [3.63, 3.8) is 0 Å². The van der Waals surface area contributed by atoms with E-state index in [0.717, 1.165) is 37.0 Å². The molecule has 1 N–H and O–H groups in total. The van der Waals surface area contributed by atoms with E-state index in [1.807, 2.05) is 47.4 Å². The first kappa shape index (κ1) is 29.6. The standard InChI is InChI=1S/C33H34FN5O4/c1-4-36(5-2)20-22-10-12-24(13-11-22)39-21-26(33(41)42)31(40)25-18-27(34)30(32(43-3)29(25)39)38-16-14-37(15-17-38)28-9-7-6-8-23(28)19-35/h6-13,18,21H,4-5,14-17,20H2,1-3H3,(H,41,42). The molecule has 0 unspecified atom stereocenters. The number of carbonyl (C=O) groups is 1. The SMILES string of the molecule is CCN(CC)Cc1ccc(-n2cc(C(=O)O)c(=O)c3cc(F)c(N4CCN(c5ccccc5C#N)CC4)c(OC)c32)cc1. The Kier molecular flexibility index (Phi) is 8.64. The van der Waals surface area contributed by atoms with Crippen LogP contribution in [0.1, 0.15) is 35.3 Å². The molecule has 1 aromatic heterocycles. The van der Waals surface area contributed by atoms with Gasteiger partial charge in [-0.15, -0.1) is 0 Å². The number of carboxylic acid groups (broad SMARTS) is 1. The minimum atomic E-state index is -1.39. The first-order valence-corrected chi connectivity index (χ1v) is 14.3. The summed E-state index contributed by atoms with van der Waals surface area (Å²) in [5.74, 6) is -1.91. The van der Waals surface area contributed by atoms with Crippen LogP contribution in [0.4, 0.5) is 15.8 Å². The van der Waals surface area contributed by atoms with Crippen LogP contribution < -0.4 is 20.0 Å². The lowest BCUT2D eigenvalue weighted by Gasteiger charge is -2.38. The molecule has 0 bridgehead atoms. The van der Waals surface area contributed by atoms with Crippen molar-refractivity contribution in [2.75, 3.05) is 56.2 Å². The summed E-state index contributed by atoms with van der Waals surface area (Å²) >= 11 is 0. The minimum absolute atomic E-state index is 0.0770. The molecule has 222 valence electrons. The molecule has 0 aliphatic carbocycles. The minimum Gasteiger partial charge on any atom is -0.492 e. The number of nitrogens with zero attached hydrogens (tertiary/aromatic N) is 5. The molecule has 4 aromatic rings. The summed E-state index contributed by atoms with van der Waals surface area (Å²) in [4.78, 5) is 31.6. The Labute approximate surface area is 249 Å². The number of carboxylic acids is 1. The fourth-order valence-electron chi connectivity index (χ4n) is 5.74. The summed E-state index contributed by atoms with van der Waals surface area (Å²) in [5.41, 5.74) is 2.37. The zero-order valence-corrected chi connectivity index (χ0v) is 24.5. The van der Waals surface area contributed by atoms with E-state index in [2.05, 4.69) is 29.7 Å². The van der Waals surface area contributed by atoms with Crippen LogP contribution in [0.5, 0.6) is 5.75 Å². The normalized spacial score (nSPS) is 13.4. The number of para-hydroxylation sites is 1. The molecule has 2 heterocycles. The number of fused-ring (bicyclic) bond motifs is 1. The number of hydrogen-bond acceptors (Lipinski definition) is 7. The first-order valence-electron chi connectivity index (χ1n) is 14.3. The highest BCUT2D eigenvalue weighted by Gasteiger charge is 2.28. The van der Waals surface area contributed by atoms with Gasteiger partial charge in [0.2, 0.25) is 5.43 Å². The van der Waals surface area contributed by atoms with E-state index in [9.17, 15) is 20.0 Å². The van der Waals surface area contributed by atoms with E-state index in [1.54, 1.807) is 10.6 Å². The summed E-state index contributed by atoms with van der Waals surface area (Å²) in [6.07, 6.45) is 1.29. The number of rotatable bonds is 9. The topological polar surface area (TPSA) is 102 Å². The van der Waals surface area contributed by atoms with Crippen molar-refractivity contribution in [2.45, 2.75) is 20.4 Å². The monoisotopic (exact) mass is 583 g/mol. The van der Waals surface area contributed by atoms with Crippen molar-refractivity contribution in [2.24, 2.45) is 0 Å². The van der Waals surface area contributed by atoms with Crippen molar-refractivity contribution in [1.29, 1.82) is 5.26 Å². The molecule has 1 aliphatic rings. The average Bonchev–Trinajstić information content (AvgIpc) is 3.03. The lowest BCUT2D eigenvalue weighted by molar-refractivity contribution is 0.0695. The summed E-state index contributed by atoms with van der Waals surface area (Å²) in [7, 11) is 1.42. The van der Waals surface area contributed by atoms with Gasteiger partial charge in [-0.3, -0.25) is 9.69 Å². The van der Waals surface area contributed by atoms with Crippen LogP contribution in [-0.4, -0.2) is 66.9 Å². The highest BCUT2D eigenvalue weighted by Crippen LogP contribution is 2.40. The molecule has 0 spiro atoms. The molecule has 0 atom stereocenters. The average molecular weight is 584 g/mol. The first-order chi connectivity index (χ1) is 20.8. The Morgan fingerprint density at radius 1 is 1.05 bits per heavy atom. The maximum absolute atomic E-state index is 15.9. The van der Waals surface area contributed by atoms with Gasteiger partial charge in [0.05, 0.1) is 23.7 Å². The molecule has 3 aromatic carbocycles. The van der Waals surface area contributed by atoms with E-state index in [-0.39, 0.29) is 16.8 Å². The van der Waals surface area contributed by atoms with Crippen molar-refractivity contribution < 1.29 is 19.0 Å². The molecule has 43 heavy (non-hydrogen) atoms. The molecular weight excluding hydrogens is 549 g/mol. The zero-order valence-electron chi connectivity index (χ0n) is 24.5. The predicted octanol–water partition coefficient (Wildman–Crippen LogP) is 4.88. The lowest BCUT2D eigenvalue weighted by Crippen LogP contribution is -2.47. The number of halogens is 1. The molecule has 1 saturated heterocycles. The lowest BCUT2D eigenvalue weighted by atomic mass is 10.1. The Morgan fingerprint density at radius 2 is 1.70 bits per heavy atom. The van der Waals surface area contributed by atoms with Crippen LogP contribution in [0, 0.1) is 17.1 Å². The van der Waals surface area contributed by atoms with Gasteiger partial charge in [-0.1, -0.05) is 38.1 Å². The number of aromatic carboxylic acids is 1. The van der Waals surface area contributed by atoms with E-state index in [4.69, 9.17) is 4.74 Å². The summed E-state index contributed by atoms with van der Waals surface area (Å²) in [6, 6.07) is 18.4. The second-order valence-electron chi connectivity index (χ2n) is 10.4. The van der Waals surface area contributed by atoms with Crippen molar-refractivity contribution in [3.05, 3.63) is 93.5 Å². The Morgan fingerprint density at radius 3 is 2.30 bits per heavy atom. The van der Waals surface area contributed by atoms with Gasteiger partial charge in [-0.25, -0.2) is 9.18 Å². The number of pyridine rings is 1. The van der Waals surface area contributed by atoms with E-state index in [0.29, 0.717) is 42.9 Å². The Balaban J connectivity index is 1.60. The summed E-state index contributed by atoms with van der Waals surface area (Å²) in [6.45, 7) is 8.76. The van der Waals surface area contributed by atoms with Gasteiger partial charge in [0.1, 0.15) is 22.8 Å². The largest absolute Gasteiger partial charge is 0.492 e. The Hall–Kier alpha value is -4.88. The molecule has 1 fully saturated rings. The van der Waals surface area contributed by atoms with Gasteiger partial charge < -0.3 is 24.2 Å². The van der Waals surface area contributed by atoms with Crippen LogP contribution in [0.25, 0.3) is 16.6 Å². The third-order valence-corrected chi connectivity index (χ3v) is 8.08. The molecule has 0 amide bonds. The molecule has 0 radical (unpaired) electrons. The molecule has 5 rings (SSSR count). The molecule has 9 nitrogen and oxygen atoms in total. The molecule has 1 aliphatic heterocycles. The van der Waals surface area contributed by atoms with Crippen molar-refractivity contribution in [3.8, 4) is 17.5 Å². The number of nitriles is 1. The molecular formula is C33H34FN5O4. The smallest absolute Gasteiger partial charge is 0.341 e.